The highest BCUT2D eigenvalue weighted by molar-refractivity contribution is 4.87. The van der Waals surface area contributed by atoms with Crippen molar-refractivity contribution in [3.8, 4) is 6.07 Å². The van der Waals surface area contributed by atoms with Gasteiger partial charge in [-0.25, -0.2) is 0 Å². The third-order valence-electron chi connectivity index (χ3n) is 1.63. The van der Waals surface area contributed by atoms with E-state index < -0.39 is 0 Å². The zero-order chi connectivity index (χ0) is 7.98. The molecule has 0 aromatic rings. The average molecular weight is 141 g/mol. The van der Waals surface area contributed by atoms with Gasteiger partial charge in [0.25, 0.3) is 0 Å². The quantitative estimate of drug-likeness (QED) is 0.599. The summed E-state index contributed by atoms with van der Waals surface area (Å²) in [5.74, 6) is 0.352. The topological polar surface area (TPSA) is 33.0 Å². The normalized spacial score (nSPS) is 15.8. The van der Waals surface area contributed by atoms with E-state index in [1.807, 2.05) is 13.8 Å². The highest BCUT2D eigenvalue weighted by atomic mass is 16.5. The van der Waals surface area contributed by atoms with Crippen LogP contribution >= 0.6 is 0 Å². The van der Waals surface area contributed by atoms with E-state index in [1.54, 1.807) is 0 Å². The van der Waals surface area contributed by atoms with Gasteiger partial charge >= 0.3 is 0 Å². The minimum Gasteiger partial charge on any atom is -0.363 e. The maximum absolute atomic E-state index is 8.58. The van der Waals surface area contributed by atoms with E-state index in [-0.39, 0.29) is 6.10 Å². The Morgan fingerprint density at radius 3 is 2.40 bits per heavy atom. The van der Waals surface area contributed by atoms with Gasteiger partial charge in [-0.05, 0) is 12.8 Å². The van der Waals surface area contributed by atoms with Crippen molar-refractivity contribution in [1.29, 1.82) is 5.26 Å². The van der Waals surface area contributed by atoms with Crippen molar-refractivity contribution in [1.82, 2.24) is 0 Å². The second kappa shape index (κ2) is 5.25. The second-order valence-corrected chi connectivity index (χ2v) is 2.39. The van der Waals surface area contributed by atoms with Gasteiger partial charge in [-0.15, -0.1) is 0 Å². The lowest BCUT2D eigenvalue weighted by molar-refractivity contribution is 0.0632. The third-order valence-corrected chi connectivity index (χ3v) is 1.63. The van der Waals surface area contributed by atoms with E-state index in [0.29, 0.717) is 12.5 Å². The summed E-state index contributed by atoms with van der Waals surface area (Å²) < 4.78 is 5.18. The number of nitriles is 1. The van der Waals surface area contributed by atoms with Crippen LogP contribution in [0.15, 0.2) is 0 Å². The molecule has 0 rings (SSSR count). The highest BCUT2D eigenvalue weighted by Crippen LogP contribution is 2.09. The molecule has 0 heterocycles. The molecule has 0 aliphatic rings. The molecule has 0 aliphatic carbocycles. The van der Waals surface area contributed by atoms with Crippen molar-refractivity contribution in [3.63, 3.8) is 0 Å². The first kappa shape index (κ1) is 9.45. The van der Waals surface area contributed by atoms with E-state index in [1.165, 1.54) is 0 Å². The van der Waals surface area contributed by atoms with Crippen LogP contribution in [0.25, 0.3) is 0 Å². The first-order valence-electron chi connectivity index (χ1n) is 3.77. The summed E-state index contributed by atoms with van der Waals surface area (Å²) in [5, 5.41) is 8.58. The van der Waals surface area contributed by atoms with Crippen LogP contribution in [0.1, 0.15) is 27.2 Å². The number of nitrogens with zero attached hydrogens (tertiary/aromatic N) is 1. The van der Waals surface area contributed by atoms with Crippen LogP contribution in [0.5, 0.6) is 0 Å². The van der Waals surface area contributed by atoms with Crippen molar-refractivity contribution in [2.75, 3.05) is 6.61 Å². The van der Waals surface area contributed by atoms with Crippen LogP contribution in [0.3, 0.4) is 0 Å². The zero-order valence-electron chi connectivity index (χ0n) is 6.92. The maximum Gasteiger partial charge on any atom is 0.146 e. The van der Waals surface area contributed by atoms with Crippen LogP contribution in [0.4, 0.5) is 0 Å². The SMILES string of the molecule is CCOC(C#N)C(C)CC. The molecule has 0 aliphatic heterocycles. The fraction of sp³-hybridized carbons (Fsp3) is 0.875. The van der Waals surface area contributed by atoms with Crippen molar-refractivity contribution < 1.29 is 4.74 Å². The largest absolute Gasteiger partial charge is 0.363 e. The van der Waals surface area contributed by atoms with Gasteiger partial charge in [0.1, 0.15) is 6.10 Å². The van der Waals surface area contributed by atoms with E-state index in [4.69, 9.17) is 10.00 Å². The molecule has 2 nitrogen and oxygen atoms in total. The van der Waals surface area contributed by atoms with Crippen LogP contribution in [-0.4, -0.2) is 12.7 Å². The van der Waals surface area contributed by atoms with Crippen LogP contribution in [-0.2, 0) is 4.74 Å². The number of rotatable bonds is 4. The molecule has 0 amide bonds. The predicted octanol–water partition coefficient (Wildman–Crippen LogP) is 1.96. The molecule has 0 radical (unpaired) electrons. The average Bonchev–Trinajstić information content (AvgIpc) is 1.99. The van der Waals surface area contributed by atoms with Crippen molar-refractivity contribution >= 4 is 0 Å². The molecular weight excluding hydrogens is 126 g/mol. The fourth-order valence-electron chi connectivity index (χ4n) is 0.722. The lowest BCUT2D eigenvalue weighted by Gasteiger charge is -2.14. The smallest absolute Gasteiger partial charge is 0.146 e. The Labute approximate surface area is 62.8 Å². The van der Waals surface area contributed by atoms with Crippen LogP contribution in [0, 0.1) is 17.2 Å². The molecule has 0 saturated carbocycles. The molecule has 0 saturated heterocycles. The third kappa shape index (κ3) is 2.84. The molecule has 10 heavy (non-hydrogen) atoms. The van der Waals surface area contributed by atoms with Gasteiger partial charge in [0.05, 0.1) is 6.07 Å². The summed E-state index contributed by atoms with van der Waals surface area (Å²) in [7, 11) is 0. The zero-order valence-corrected chi connectivity index (χ0v) is 6.92. The van der Waals surface area contributed by atoms with E-state index in [0.717, 1.165) is 6.42 Å². The molecule has 0 bridgehead atoms. The molecule has 0 N–H and O–H groups in total. The molecule has 0 fully saturated rings. The summed E-state index contributed by atoms with van der Waals surface area (Å²) in [6.45, 7) is 6.63. The van der Waals surface area contributed by atoms with Gasteiger partial charge in [-0.1, -0.05) is 20.3 Å². The number of hydrogen-bond donors (Lipinski definition) is 0. The first-order chi connectivity index (χ1) is 4.76. The lowest BCUT2D eigenvalue weighted by Crippen LogP contribution is -2.19. The monoisotopic (exact) mass is 141 g/mol. The van der Waals surface area contributed by atoms with Crippen LogP contribution in [0.2, 0.25) is 0 Å². The van der Waals surface area contributed by atoms with Gasteiger partial charge in [0.15, 0.2) is 0 Å². The Balaban J connectivity index is 3.71. The van der Waals surface area contributed by atoms with Gasteiger partial charge in [-0.3, -0.25) is 0 Å². The molecule has 2 heteroatoms. The molecule has 0 aromatic carbocycles. The summed E-state index contributed by atoms with van der Waals surface area (Å²) >= 11 is 0. The lowest BCUT2D eigenvalue weighted by atomic mass is 10.0. The molecule has 0 spiro atoms. The molecule has 2 unspecified atom stereocenters. The predicted molar refractivity (Wildman–Crippen MR) is 40.5 cm³/mol. The molecule has 58 valence electrons. The van der Waals surface area contributed by atoms with Gasteiger partial charge in [0.2, 0.25) is 0 Å². The van der Waals surface area contributed by atoms with Crippen molar-refractivity contribution in [3.05, 3.63) is 0 Å². The molecule has 0 aromatic heterocycles. The van der Waals surface area contributed by atoms with Gasteiger partial charge in [-0.2, -0.15) is 5.26 Å². The first-order valence-corrected chi connectivity index (χ1v) is 3.77. The maximum atomic E-state index is 8.58. The summed E-state index contributed by atoms with van der Waals surface area (Å²) in [5.41, 5.74) is 0. The highest BCUT2D eigenvalue weighted by Gasteiger charge is 2.13. The summed E-state index contributed by atoms with van der Waals surface area (Å²) in [6.07, 6.45) is 0.785. The fourth-order valence-corrected chi connectivity index (χ4v) is 0.722. The summed E-state index contributed by atoms with van der Waals surface area (Å²) in [6, 6.07) is 2.13. The van der Waals surface area contributed by atoms with E-state index in [2.05, 4.69) is 13.0 Å². The van der Waals surface area contributed by atoms with E-state index in [9.17, 15) is 0 Å². The Kier molecular flexibility index (Phi) is 4.96. The van der Waals surface area contributed by atoms with Crippen molar-refractivity contribution in [2.24, 2.45) is 5.92 Å². The Hall–Kier alpha value is -0.550. The Bertz CT molecular complexity index is 117. The minimum absolute atomic E-state index is 0.213. The second-order valence-electron chi connectivity index (χ2n) is 2.39. The Morgan fingerprint density at radius 1 is 1.50 bits per heavy atom. The van der Waals surface area contributed by atoms with Gasteiger partial charge in [0, 0.05) is 6.61 Å². The summed E-state index contributed by atoms with van der Waals surface area (Å²) in [4.78, 5) is 0. The van der Waals surface area contributed by atoms with Crippen molar-refractivity contribution in [2.45, 2.75) is 33.3 Å². The van der Waals surface area contributed by atoms with Crippen LogP contribution < -0.4 is 0 Å². The number of hydrogen-bond acceptors (Lipinski definition) is 2. The Morgan fingerprint density at radius 2 is 2.10 bits per heavy atom. The molecule has 2 atom stereocenters. The number of ether oxygens (including phenoxy) is 1. The molecular formula is C8H15NO. The standard InChI is InChI=1S/C8H15NO/c1-4-7(3)8(6-9)10-5-2/h7-8H,4-5H2,1-3H3. The van der Waals surface area contributed by atoms with E-state index >= 15 is 0 Å². The minimum atomic E-state index is -0.213. The van der Waals surface area contributed by atoms with Gasteiger partial charge < -0.3 is 4.74 Å².